The standard InChI is InChI=1S/C17H21ClN2O3/c18-15-3-1-2-14(12-15)17(22)20-8-6-19(7-9-20)16(21)13-4-10-23-11-5-13/h1-3,12-13H,4-11H2. The fourth-order valence-corrected chi connectivity index (χ4v) is 3.33. The molecule has 2 aliphatic heterocycles. The minimum Gasteiger partial charge on any atom is -0.381 e. The van der Waals surface area contributed by atoms with Crippen LogP contribution >= 0.6 is 11.6 Å². The maximum atomic E-state index is 12.5. The van der Waals surface area contributed by atoms with Crippen LogP contribution in [0.15, 0.2) is 24.3 Å². The van der Waals surface area contributed by atoms with Crippen molar-refractivity contribution in [3.05, 3.63) is 34.9 Å². The molecule has 124 valence electrons. The van der Waals surface area contributed by atoms with Crippen LogP contribution in [0.4, 0.5) is 0 Å². The van der Waals surface area contributed by atoms with E-state index in [1.807, 2.05) is 4.90 Å². The number of carbonyl (C=O) groups excluding carboxylic acids is 2. The third-order valence-corrected chi connectivity index (χ3v) is 4.76. The SMILES string of the molecule is O=C(c1cccc(Cl)c1)N1CCN(C(=O)C2CCOCC2)CC1. The van der Waals surface area contributed by atoms with E-state index in [1.54, 1.807) is 29.2 Å². The molecule has 0 unspecified atom stereocenters. The molecule has 0 aliphatic carbocycles. The van der Waals surface area contributed by atoms with Crippen LogP contribution in [-0.4, -0.2) is 61.0 Å². The molecule has 23 heavy (non-hydrogen) atoms. The monoisotopic (exact) mass is 336 g/mol. The van der Waals surface area contributed by atoms with Gasteiger partial charge in [0.2, 0.25) is 5.91 Å². The van der Waals surface area contributed by atoms with Gasteiger partial charge in [-0.2, -0.15) is 0 Å². The van der Waals surface area contributed by atoms with Gasteiger partial charge in [-0.25, -0.2) is 0 Å². The summed E-state index contributed by atoms with van der Waals surface area (Å²) in [5.74, 6) is 0.271. The number of halogens is 1. The summed E-state index contributed by atoms with van der Waals surface area (Å²) >= 11 is 5.94. The van der Waals surface area contributed by atoms with E-state index in [9.17, 15) is 9.59 Å². The van der Waals surface area contributed by atoms with Gasteiger partial charge in [0, 0.05) is 55.9 Å². The van der Waals surface area contributed by atoms with E-state index in [-0.39, 0.29) is 17.7 Å². The molecule has 3 rings (SSSR count). The van der Waals surface area contributed by atoms with Crippen molar-refractivity contribution in [1.29, 1.82) is 0 Å². The summed E-state index contributed by atoms with van der Waals surface area (Å²) in [5.41, 5.74) is 0.599. The number of ether oxygens (including phenoxy) is 1. The van der Waals surface area contributed by atoms with E-state index in [0.29, 0.717) is 50.0 Å². The summed E-state index contributed by atoms with van der Waals surface area (Å²) < 4.78 is 5.31. The molecule has 2 fully saturated rings. The molecule has 1 aromatic carbocycles. The number of piperazine rings is 1. The number of rotatable bonds is 2. The number of benzene rings is 1. The van der Waals surface area contributed by atoms with Crippen molar-refractivity contribution in [1.82, 2.24) is 9.80 Å². The summed E-state index contributed by atoms with van der Waals surface area (Å²) in [6.07, 6.45) is 1.61. The predicted octanol–water partition coefficient (Wildman–Crippen LogP) is 2.05. The lowest BCUT2D eigenvalue weighted by Gasteiger charge is -2.37. The van der Waals surface area contributed by atoms with Crippen LogP contribution in [0, 0.1) is 5.92 Å². The summed E-state index contributed by atoms with van der Waals surface area (Å²) in [7, 11) is 0. The normalized spacial score (nSPS) is 19.7. The first-order chi connectivity index (χ1) is 11.1. The molecule has 2 amide bonds. The lowest BCUT2D eigenvalue weighted by Crippen LogP contribution is -2.52. The molecule has 0 radical (unpaired) electrons. The number of carbonyl (C=O) groups is 2. The highest BCUT2D eigenvalue weighted by molar-refractivity contribution is 6.30. The summed E-state index contributed by atoms with van der Waals surface area (Å²) in [6, 6.07) is 6.99. The van der Waals surface area contributed by atoms with Crippen molar-refractivity contribution < 1.29 is 14.3 Å². The average molecular weight is 337 g/mol. The second-order valence-corrected chi connectivity index (χ2v) is 6.45. The molecular formula is C17H21ClN2O3. The number of hydrogen-bond acceptors (Lipinski definition) is 3. The van der Waals surface area contributed by atoms with Crippen LogP contribution < -0.4 is 0 Å². The highest BCUT2D eigenvalue weighted by Crippen LogP contribution is 2.19. The van der Waals surface area contributed by atoms with Crippen molar-refractivity contribution in [2.24, 2.45) is 5.92 Å². The zero-order valence-electron chi connectivity index (χ0n) is 13.0. The molecule has 0 N–H and O–H groups in total. The Morgan fingerprint density at radius 3 is 2.35 bits per heavy atom. The van der Waals surface area contributed by atoms with Gasteiger partial charge in [0.1, 0.15) is 0 Å². The number of hydrogen-bond donors (Lipinski definition) is 0. The van der Waals surface area contributed by atoms with Gasteiger partial charge in [-0.3, -0.25) is 9.59 Å². The Balaban J connectivity index is 1.55. The molecule has 5 nitrogen and oxygen atoms in total. The van der Waals surface area contributed by atoms with Crippen molar-refractivity contribution in [3.8, 4) is 0 Å². The lowest BCUT2D eigenvalue weighted by molar-refractivity contribution is -0.140. The molecule has 1 aromatic rings. The van der Waals surface area contributed by atoms with E-state index < -0.39 is 0 Å². The highest BCUT2D eigenvalue weighted by atomic mass is 35.5. The van der Waals surface area contributed by atoms with E-state index in [4.69, 9.17) is 16.3 Å². The Bertz CT molecular complexity index is 579. The quantitative estimate of drug-likeness (QED) is 0.830. The van der Waals surface area contributed by atoms with Crippen molar-refractivity contribution in [2.75, 3.05) is 39.4 Å². The molecule has 0 bridgehead atoms. The number of amides is 2. The Morgan fingerprint density at radius 1 is 1.04 bits per heavy atom. The minimum absolute atomic E-state index is 0.0225. The van der Waals surface area contributed by atoms with Crippen LogP contribution in [0.25, 0.3) is 0 Å². The zero-order chi connectivity index (χ0) is 16.2. The minimum atomic E-state index is -0.0225. The topological polar surface area (TPSA) is 49.9 Å². The molecule has 0 atom stereocenters. The first kappa shape index (κ1) is 16.3. The molecule has 0 spiro atoms. The van der Waals surface area contributed by atoms with Gasteiger partial charge in [-0.15, -0.1) is 0 Å². The van der Waals surface area contributed by atoms with Gasteiger partial charge < -0.3 is 14.5 Å². The van der Waals surface area contributed by atoms with E-state index in [1.165, 1.54) is 0 Å². The fourth-order valence-electron chi connectivity index (χ4n) is 3.14. The zero-order valence-corrected chi connectivity index (χ0v) is 13.8. The smallest absolute Gasteiger partial charge is 0.254 e. The Labute approximate surface area is 141 Å². The molecule has 0 saturated carbocycles. The van der Waals surface area contributed by atoms with Gasteiger partial charge in [0.15, 0.2) is 0 Å². The maximum Gasteiger partial charge on any atom is 0.254 e. The van der Waals surface area contributed by atoms with Gasteiger partial charge in [0.25, 0.3) is 5.91 Å². The summed E-state index contributed by atoms with van der Waals surface area (Å²) in [5, 5.41) is 0.559. The van der Waals surface area contributed by atoms with Crippen LogP contribution in [-0.2, 0) is 9.53 Å². The van der Waals surface area contributed by atoms with E-state index in [0.717, 1.165) is 12.8 Å². The molecule has 6 heteroatoms. The second kappa shape index (κ2) is 7.32. The summed E-state index contributed by atoms with van der Waals surface area (Å²) in [4.78, 5) is 28.6. The second-order valence-electron chi connectivity index (χ2n) is 6.01. The average Bonchev–Trinajstić information content (AvgIpc) is 2.61. The molecule has 2 heterocycles. The Hall–Kier alpha value is -1.59. The van der Waals surface area contributed by atoms with Gasteiger partial charge in [-0.1, -0.05) is 17.7 Å². The molecule has 2 saturated heterocycles. The lowest BCUT2D eigenvalue weighted by atomic mass is 9.98. The first-order valence-electron chi connectivity index (χ1n) is 8.06. The Kier molecular flexibility index (Phi) is 5.18. The highest BCUT2D eigenvalue weighted by Gasteiger charge is 2.30. The Morgan fingerprint density at radius 2 is 1.70 bits per heavy atom. The summed E-state index contributed by atoms with van der Waals surface area (Å²) in [6.45, 7) is 3.68. The largest absolute Gasteiger partial charge is 0.381 e. The van der Waals surface area contributed by atoms with Gasteiger partial charge in [-0.05, 0) is 31.0 Å². The number of nitrogens with zero attached hydrogens (tertiary/aromatic N) is 2. The van der Waals surface area contributed by atoms with E-state index >= 15 is 0 Å². The molecular weight excluding hydrogens is 316 g/mol. The van der Waals surface area contributed by atoms with Crippen molar-refractivity contribution in [2.45, 2.75) is 12.8 Å². The van der Waals surface area contributed by atoms with Gasteiger partial charge in [0.05, 0.1) is 0 Å². The fraction of sp³-hybridized carbons (Fsp3) is 0.529. The van der Waals surface area contributed by atoms with Gasteiger partial charge >= 0.3 is 0 Å². The van der Waals surface area contributed by atoms with Crippen molar-refractivity contribution >= 4 is 23.4 Å². The van der Waals surface area contributed by atoms with Crippen LogP contribution in [0.3, 0.4) is 0 Å². The molecule has 0 aromatic heterocycles. The first-order valence-corrected chi connectivity index (χ1v) is 8.44. The third-order valence-electron chi connectivity index (χ3n) is 4.52. The maximum absolute atomic E-state index is 12.5. The molecule has 2 aliphatic rings. The van der Waals surface area contributed by atoms with Crippen LogP contribution in [0.5, 0.6) is 0 Å². The van der Waals surface area contributed by atoms with Crippen LogP contribution in [0.2, 0.25) is 5.02 Å². The third kappa shape index (κ3) is 3.85. The van der Waals surface area contributed by atoms with Crippen LogP contribution in [0.1, 0.15) is 23.2 Å². The predicted molar refractivity (Wildman–Crippen MR) is 87.5 cm³/mol. The van der Waals surface area contributed by atoms with E-state index in [2.05, 4.69) is 0 Å². The van der Waals surface area contributed by atoms with Crippen molar-refractivity contribution in [3.63, 3.8) is 0 Å².